The molecule has 1 N–H and O–H groups in total. The van der Waals surface area contributed by atoms with Crippen LogP contribution < -0.4 is 4.74 Å². The van der Waals surface area contributed by atoms with Gasteiger partial charge in [0.25, 0.3) is 0 Å². The Labute approximate surface area is 126 Å². The third-order valence-corrected chi connectivity index (χ3v) is 4.20. The standard InChI is InChI=1S/C16H13NOS2/c1-18-14-8-6-12(7-9-14)11-2-4-13(5-3-11)15-10-20-16(19)17-15/h2-10H,1H3,(H,17,19). The van der Waals surface area contributed by atoms with E-state index in [1.165, 1.54) is 11.1 Å². The van der Waals surface area contributed by atoms with Gasteiger partial charge in [0.05, 0.1) is 12.8 Å². The first-order chi connectivity index (χ1) is 9.76. The number of aromatic nitrogens is 1. The average molecular weight is 299 g/mol. The third-order valence-electron chi connectivity index (χ3n) is 3.14. The van der Waals surface area contributed by atoms with E-state index in [1.807, 2.05) is 17.5 Å². The molecule has 1 heterocycles. The minimum atomic E-state index is 0.805. The quantitative estimate of drug-likeness (QED) is 0.677. The highest BCUT2D eigenvalue weighted by atomic mass is 32.1. The van der Waals surface area contributed by atoms with Gasteiger partial charge in [-0.25, -0.2) is 0 Å². The van der Waals surface area contributed by atoms with Gasteiger partial charge in [-0.05, 0) is 41.0 Å². The molecular formula is C16H13NOS2. The van der Waals surface area contributed by atoms with Crippen molar-refractivity contribution in [2.75, 3.05) is 7.11 Å². The van der Waals surface area contributed by atoms with Crippen LogP contribution in [-0.2, 0) is 0 Å². The maximum absolute atomic E-state index is 5.17. The predicted octanol–water partition coefficient (Wildman–Crippen LogP) is 5.15. The molecule has 2 aromatic carbocycles. The van der Waals surface area contributed by atoms with Gasteiger partial charge in [-0.3, -0.25) is 0 Å². The largest absolute Gasteiger partial charge is 0.497 e. The summed E-state index contributed by atoms with van der Waals surface area (Å²) in [5.74, 6) is 0.871. The van der Waals surface area contributed by atoms with Crippen LogP contribution in [0.4, 0.5) is 0 Å². The van der Waals surface area contributed by atoms with Crippen LogP contribution in [0.15, 0.2) is 53.9 Å². The van der Waals surface area contributed by atoms with Gasteiger partial charge in [0.1, 0.15) is 5.75 Å². The minimum Gasteiger partial charge on any atom is -0.497 e. The van der Waals surface area contributed by atoms with E-state index in [-0.39, 0.29) is 0 Å². The lowest BCUT2D eigenvalue weighted by Gasteiger charge is -2.05. The molecule has 0 aliphatic carbocycles. The van der Waals surface area contributed by atoms with Crippen LogP contribution in [0.25, 0.3) is 22.4 Å². The van der Waals surface area contributed by atoms with E-state index < -0.39 is 0 Å². The van der Waals surface area contributed by atoms with Crippen molar-refractivity contribution < 1.29 is 4.74 Å². The van der Waals surface area contributed by atoms with E-state index in [9.17, 15) is 0 Å². The van der Waals surface area contributed by atoms with Crippen molar-refractivity contribution in [2.45, 2.75) is 0 Å². The molecule has 0 spiro atoms. The fourth-order valence-electron chi connectivity index (χ4n) is 2.05. The second kappa shape index (κ2) is 5.61. The lowest BCUT2D eigenvalue weighted by atomic mass is 10.0. The van der Waals surface area contributed by atoms with Gasteiger partial charge in [0, 0.05) is 5.38 Å². The van der Waals surface area contributed by atoms with E-state index in [0.29, 0.717) is 0 Å². The molecule has 3 aromatic rings. The molecule has 0 unspecified atom stereocenters. The zero-order valence-corrected chi connectivity index (χ0v) is 12.6. The van der Waals surface area contributed by atoms with Gasteiger partial charge < -0.3 is 9.72 Å². The van der Waals surface area contributed by atoms with Crippen LogP contribution in [0.5, 0.6) is 5.75 Å². The number of nitrogens with one attached hydrogen (secondary N) is 1. The first-order valence-electron chi connectivity index (χ1n) is 6.19. The molecule has 0 atom stereocenters. The number of rotatable bonds is 3. The van der Waals surface area contributed by atoms with Crippen molar-refractivity contribution in [2.24, 2.45) is 0 Å². The summed E-state index contributed by atoms with van der Waals surface area (Å²) in [5.41, 5.74) is 4.58. The highest BCUT2D eigenvalue weighted by molar-refractivity contribution is 7.73. The van der Waals surface area contributed by atoms with Gasteiger partial charge in [0.15, 0.2) is 3.95 Å². The van der Waals surface area contributed by atoms with Crippen molar-refractivity contribution in [3.63, 3.8) is 0 Å². The summed E-state index contributed by atoms with van der Waals surface area (Å²) in [6.45, 7) is 0. The fraction of sp³-hybridized carbons (Fsp3) is 0.0625. The molecule has 0 saturated carbocycles. The minimum absolute atomic E-state index is 0.805. The van der Waals surface area contributed by atoms with Gasteiger partial charge in [0.2, 0.25) is 0 Å². The monoisotopic (exact) mass is 299 g/mol. The number of hydrogen-bond donors (Lipinski definition) is 1. The Balaban J connectivity index is 1.90. The highest BCUT2D eigenvalue weighted by Crippen LogP contribution is 2.26. The van der Waals surface area contributed by atoms with E-state index in [4.69, 9.17) is 17.0 Å². The molecule has 4 heteroatoms. The van der Waals surface area contributed by atoms with Crippen molar-refractivity contribution in [1.82, 2.24) is 4.98 Å². The topological polar surface area (TPSA) is 25.0 Å². The second-order valence-corrected chi connectivity index (χ2v) is 5.91. The lowest BCUT2D eigenvalue weighted by Crippen LogP contribution is -1.83. The first-order valence-corrected chi connectivity index (χ1v) is 7.48. The van der Waals surface area contributed by atoms with E-state index in [0.717, 1.165) is 21.0 Å². The van der Waals surface area contributed by atoms with Crippen LogP contribution >= 0.6 is 23.6 Å². The summed E-state index contributed by atoms with van der Waals surface area (Å²) in [5, 5.41) is 2.05. The van der Waals surface area contributed by atoms with E-state index in [2.05, 4.69) is 41.4 Å². The molecule has 20 heavy (non-hydrogen) atoms. The number of ether oxygens (including phenoxy) is 1. The molecule has 0 saturated heterocycles. The predicted molar refractivity (Wildman–Crippen MR) is 86.9 cm³/mol. The Hall–Kier alpha value is -1.91. The molecular weight excluding hydrogens is 286 g/mol. The summed E-state index contributed by atoms with van der Waals surface area (Å²) in [4.78, 5) is 3.18. The molecule has 0 radical (unpaired) electrons. The molecule has 0 aliphatic heterocycles. The molecule has 0 fully saturated rings. The molecule has 2 nitrogen and oxygen atoms in total. The number of H-pyrrole nitrogens is 1. The Morgan fingerprint density at radius 3 is 1.95 bits per heavy atom. The first kappa shape index (κ1) is 13.1. The molecule has 0 aliphatic rings. The summed E-state index contributed by atoms with van der Waals surface area (Å²) in [6.07, 6.45) is 0. The summed E-state index contributed by atoms with van der Waals surface area (Å²) < 4.78 is 5.98. The summed E-state index contributed by atoms with van der Waals surface area (Å²) in [7, 11) is 1.68. The van der Waals surface area contributed by atoms with Crippen LogP contribution in [0.1, 0.15) is 0 Å². The van der Waals surface area contributed by atoms with Crippen LogP contribution in [-0.4, -0.2) is 12.1 Å². The maximum Gasteiger partial charge on any atom is 0.158 e. The third kappa shape index (κ3) is 2.66. The zero-order valence-electron chi connectivity index (χ0n) is 10.9. The van der Waals surface area contributed by atoms with Gasteiger partial charge in [-0.1, -0.05) is 36.4 Å². The second-order valence-electron chi connectivity index (χ2n) is 4.37. The highest BCUT2D eigenvalue weighted by Gasteiger charge is 2.02. The van der Waals surface area contributed by atoms with E-state index >= 15 is 0 Å². The Kier molecular flexibility index (Phi) is 3.67. The van der Waals surface area contributed by atoms with Crippen molar-refractivity contribution in [1.29, 1.82) is 0 Å². The zero-order chi connectivity index (χ0) is 13.9. The average Bonchev–Trinajstić information content (AvgIpc) is 2.94. The SMILES string of the molecule is COc1ccc(-c2ccc(-c3csc(=S)[nH]3)cc2)cc1. The molecule has 0 amide bonds. The summed E-state index contributed by atoms with van der Waals surface area (Å²) >= 11 is 6.66. The number of aromatic amines is 1. The van der Waals surface area contributed by atoms with Gasteiger partial charge in [-0.15, -0.1) is 11.3 Å². The normalized spacial score (nSPS) is 10.4. The molecule has 1 aromatic heterocycles. The summed E-state index contributed by atoms with van der Waals surface area (Å²) in [6, 6.07) is 16.5. The van der Waals surface area contributed by atoms with Crippen molar-refractivity contribution in [3.05, 3.63) is 57.9 Å². The van der Waals surface area contributed by atoms with Crippen LogP contribution in [0, 0.1) is 3.95 Å². The molecule has 100 valence electrons. The van der Waals surface area contributed by atoms with Crippen molar-refractivity contribution >= 4 is 23.6 Å². The fourth-order valence-corrected chi connectivity index (χ4v) is 2.89. The van der Waals surface area contributed by atoms with E-state index in [1.54, 1.807) is 18.4 Å². The Bertz CT molecular complexity index is 754. The van der Waals surface area contributed by atoms with Gasteiger partial charge >= 0.3 is 0 Å². The van der Waals surface area contributed by atoms with Crippen molar-refractivity contribution in [3.8, 4) is 28.1 Å². The van der Waals surface area contributed by atoms with Gasteiger partial charge in [-0.2, -0.15) is 0 Å². The molecule has 3 rings (SSSR count). The maximum atomic E-state index is 5.17. The smallest absolute Gasteiger partial charge is 0.158 e. The number of methoxy groups -OCH3 is 1. The van der Waals surface area contributed by atoms with Crippen LogP contribution in [0.2, 0.25) is 0 Å². The molecule has 0 bridgehead atoms. The Morgan fingerprint density at radius 1 is 0.900 bits per heavy atom. The number of thiazole rings is 1. The Morgan fingerprint density at radius 2 is 1.45 bits per heavy atom. The number of benzene rings is 2. The number of hydrogen-bond acceptors (Lipinski definition) is 3. The lowest BCUT2D eigenvalue weighted by molar-refractivity contribution is 0.415. The van der Waals surface area contributed by atoms with Crippen LogP contribution in [0.3, 0.4) is 0 Å².